The summed E-state index contributed by atoms with van der Waals surface area (Å²) in [6.45, 7) is 4.38. The van der Waals surface area contributed by atoms with Gasteiger partial charge in [0.05, 0.1) is 12.3 Å². The molecule has 0 bridgehead atoms. The Balaban J connectivity index is 1.95. The van der Waals surface area contributed by atoms with E-state index in [4.69, 9.17) is 4.74 Å². The smallest absolute Gasteiger partial charge is 0.223 e. The topological polar surface area (TPSA) is 58.6 Å². The molecule has 0 aromatic heterocycles. The lowest BCUT2D eigenvalue weighted by atomic mass is 10.2. The lowest BCUT2D eigenvalue weighted by molar-refractivity contribution is -0.121. The molecule has 2 amide bonds. The number of para-hydroxylation sites is 2. The van der Waals surface area contributed by atoms with Crippen LogP contribution in [-0.4, -0.2) is 25.0 Å². The maximum Gasteiger partial charge on any atom is 0.223 e. The predicted octanol–water partition coefficient (Wildman–Crippen LogP) is 3.28. The van der Waals surface area contributed by atoms with Crippen molar-refractivity contribution in [3.8, 4) is 5.75 Å². The van der Waals surface area contributed by atoms with Gasteiger partial charge in [0.15, 0.2) is 0 Å². The summed E-state index contributed by atoms with van der Waals surface area (Å²) in [5.74, 6) is -0.0555. The van der Waals surface area contributed by atoms with Gasteiger partial charge in [-0.3, -0.25) is 9.59 Å². The Labute approximate surface area is 152 Å². The highest BCUT2D eigenvalue weighted by atomic mass is 19.1. The van der Waals surface area contributed by atoms with Gasteiger partial charge in [0.2, 0.25) is 11.8 Å². The van der Waals surface area contributed by atoms with Gasteiger partial charge in [-0.2, -0.15) is 0 Å². The fraction of sp³-hybridized carbons (Fsp3) is 0.300. The summed E-state index contributed by atoms with van der Waals surface area (Å²) in [7, 11) is 0. The van der Waals surface area contributed by atoms with Crippen molar-refractivity contribution in [2.24, 2.45) is 0 Å². The first-order chi connectivity index (χ1) is 12.5. The van der Waals surface area contributed by atoms with E-state index in [1.54, 1.807) is 24.3 Å². The molecule has 26 heavy (non-hydrogen) atoms. The Hall–Kier alpha value is -2.89. The van der Waals surface area contributed by atoms with Crippen molar-refractivity contribution in [3.05, 3.63) is 59.9 Å². The van der Waals surface area contributed by atoms with Crippen LogP contribution in [0.15, 0.2) is 48.5 Å². The number of hydrogen-bond donors (Lipinski definition) is 1. The number of nitrogens with one attached hydrogen (secondary N) is 1. The standard InChI is InChI=1S/C20H23FN2O3/c1-3-26-19-7-5-4-6-18(19)23(15(2)24)13-12-20(25)22-14-16-8-10-17(21)11-9-16/h4-11H,3,12-14H2,1-2H3,(H,22,25). The molecule has 0 aliphatic carbocycles. The van der Waals surface area contributed by atoms with Crippen LogP contribution >= 0.6 is 0 Å². The number of nitrogens with zero attached hydrogens (tertiary/aromatic N) is 1. The first-order valence-corrected chi connectivity index (χ1v) is 8.52. The van der Waals surface area contributed by atoms with E-state index >= 15 is 0 Å². The van der Waals surface area contributed by atoms with Gasteiger partial charge in [0.1, 0.15) is 11.6 Å². The molecular weight excluding hydrogens is 335 g/mol. The Morgan fingerprint density at radius 2 is 1.81 bits per heavy atom. The molecule has 2 aromatic rings. The van der Waals surface area contributed by atoms with Crippen LogP contribution in [0.25, 0.3) is 0 Å². The molecule has 0 atom stereocenters. The Morgan fingerprint density at radius 1 is 1.12 bits per heavy atom. The van der Waals surface area contributed by atoms with E-state index in [9.17, 15) is 14.0 Å². The summed E-state index contributed by atoms with van der Waals surface area (Å²) >= 11 is 0. The maximum absolute atomic E-state index is 12.9. The number of ether oxygens (including phenoxy) is 1. The molecule has 0 aliphatic rings. The van der Waals surface area contributed by atoms with Crippen molar-refractivity contribution in [2.45, 2.75) is 26.8 Å². The van der Waals surface area contributed by atoms with E-state index in [0.717, 1.165) is 5.56 Å². The highest BCUT2D eigenvalue weighted by molar-refractivity contribution is 5.93. The monoisotopic (exact) mass is 358 g/mol. The maximum atomic E-state index is 12.9. The minimum Gasteiger partial charge on any atom is -0.492 e. The quantitative estimate of drug-likeness (QED) is 0.788. The number of carbonyl (C=O) groups is 2. The normalized spacial score (nSPS) is 10.3. The zero-order valence-electron chi connectivity index (χ0n) is 15.0. The summed E-state index contributed by atoms with van der Waals surface area (Å²) in [6.07, 6.45) is 0.154. The summed E-state index contributed by atoms with van der Waals surface area (Å²) in [4.78, 5) is 25.7. The number of benzene rings is 2. The van der Waals surface area contributed by atoms with Gasteiger partial charge >= 0.3 is 0 Å². The Morgan fingerprint density at radius 3 is 2.46 bits per heavy atom. The number of anilines is 1. The zero-order chi connectivity index (χ0) is 18.9. The van der Waals surface area contributed by atoms with Crippen LogP contribution in [0.2, 0.25) is 0 Å². The first-order valence-electron chi connectivity index (χ1n) is 8.52. The number of halogens is 1. The molecule has 0 radical (unpaired) electrons. The van der Waals surface area contributed by atoms with Crippen molar-refractivity contribution < 1.29 is 18.7 Å². The van der Waals surface area contributed by atoms with E-state index in [-0.39, 0.29) is 30.6 Å². The molecule has 0 aliphatic heterocycles. The minimum absolute atomic E-state index is 0.154. The average molecular weight is 358 g/mol. The molecule has 2 aromatic carbocycles. The molecule has 5 nitrogen and oxygen atoms in total. The number of hydrogen-bond acceptors (Lipinski definition) is 3. The third-order valence-corrected chi connectivity index (χ3v) is 3.80. The first kappa shape index (κ1) is 19.4. The molecule has 6 heteroatoms. The summed E-state index contributed by atoms with van der Waals surface area (Å²) in [5.41, 5.74) is 1.46. The van der Waals surface area contributed by atoms with Crippen LogP contribution in [-0.2, 0) is 16.1 Å². The van der Waals surface area contributed by atoms with E-state index in [1.165, 1.54) is 24.0 Å². The van der Waals surface area contributed by atoms with E-state index in [0.29, 0.717) is 24.6 Å². The number of amides is 2. The lowest BCUT2D eigenvalue weighted by Gasteiger charge is -2.23. The van der Waals surface area contributed by atoms with Crippen LogP contribution < -0.4 is 15.0 Å². The van der Waals surface area contributed by atoms with E-state index in [1.807, 2.05) is 19.1 Å². The second-order valence-corrected chi connectivity index (χ2v) is 5.72. The van der Waals surface area contributed by atoms with Gasteiger partial charge in [0, 0.05) is 26.4 Å². The second kappa shape index (κ2) is 9.56. The Kier molecular flexibility index (Phi) is 7.14. The minimum atomic E-state index is -0.315. The van der Waals surface area contributed by atoms with Crippen LogP contribution in [0.3, 0.4) is 0 Å². The zero-order valence-corrected chi connectivity index (χ0v) is 15.0. The van der Waals surface area contributed by atoms with Crippen molar-refractivity contribution >= 4 is 17.5 Å². The highest BCUT2D eigenvalue weighted by Crippen LogP contribution is 2.28. The summed E-state index contributed by atoms with van der Waals surface area (Å²) in [5, 5.41) is 2.77. The fourth-order valence-corrected chi connectivity index (χ4v) is 2.51. The Bertz CT molecular complexity index is 747. The highest BCUT2D eigenvalue weighted by Gasteiger charge is 2.17. The van der Waals surface area contributed by atoms with Crippen molar-refractivity contribution in [2.75, 3.05) is 18.1 Å². The van der Waals surface area contributed by atoms with E-state index in [2.05, 4.69) is 5.32 Å². The third kappa shape index (κ3) is 5.58. The van der Waals surface area contributed by atoms with Crippen molar-refractivity contribution in [1.82, 2.24) is 5.32 Å². The largest absolute Gasteiger partial charge is 0.492 e. The molecule has 2 rings (SSSR count). The molecule has 0 spiro atoms. The third-order valence-electron chi connectivity index (χ3n) is 3.80. The van der Waals surface area contributed by atoms with Gasteiger partial charge in [-0.25, -0.2) is 4.39 Å². The molecule has 0 unspecified atom stereocenters. The van der Waals surface area contributed by atoms with Gasteiger partial charge in [-0.05, 0) is 36.8 Å². The van der Waals surface area contributed by atoms with Crippen molar-refractivity contribution in [3.63, 3.8) is 0 Å². The predicted molar refractivity (Wildman–Crippen MR) is 98.5 cm³/mol. The molecule has 0 saturated heterocycles. The summed E-state index contributed by atoms with van der Waals surface area (Å²) < 4.78 is 18.4. The van der Waals surface area contributed by atoms with Crippen LogP contribution in [0.4, 0.5) is 10.1 Å². The average Bonchev–Trinajstić information content (AvgIpc) is 2.62. The second-order valence-electron chi connectivity index (χ2n) is 5.72. The van der Waals surface area contributed by atoms with Gasteiger partial charge in [0.25, 0.3) is 0 Å². The molecule has 138 valence electrons. The lowest BCUT2D eigenvalue weighted by Crippen LogP contribution is -2.34. The molecule has 0 fully saturated rings. The van der Waals surface area contributed by atoms with Crippen LogP contribution in [0.5, 0.6) is 5.75 Å². The van der Waals surface area contributed by atoms with Crippen molar-refractivity contribution in [1.29, 1.82) is 0 Å². The van der Waals surface area contributed by atoms with Gasteiger partial charge in [-0.15, -0.1) is 0 Å². The number of rotatable bonds is 8. The van der Waals surface area contributed by atoms with Gasteiger partial charge < -0.3 is 15.0 Å². The van der Waals surface area contributed by atoms with E-state index < -0.39 is 0 Å². The van der Waals surface area contributed by atoms with Crippen LogP contribution in [0.1, 0.15) is 25.8 Å². The molecular formula is C20H23FN2O3. The van der Waals surface area contributed by atoms with Crippen LogP contribution in [0, 0.1) is 5.82 Å². The number of carbonyl (C=O) groups excluding carboxylic acids is 2. The van der Waals surface area contributed by atoms with Gasteiger partial charge in [-0.1, -0.05) is 24.3 Å². The fourth-order valence-electron chi connectivity index (χ4n) is 2.51. The molecule has 0 saturated carbocycles. The SMILES string of the molecule is CCOc1ccccc1N(CCC(=O)NCc1ccc(F)cc1)C(C)=O. The molecule has 0 heterocycles. The molecule has 1 N–H and O–H groups in total. The summed E-state index contributed by atoms with van der Waals surface area (Å²) in [6, 6.07) is 13.2.